The summed E-state index contributed by atoms with van der Waals surface area (Å²) in [5.74, 6) is -0.768. The highest BCUT2D eigenvalue weighted by Gasteiger charge is 2.27. The highest BCUT2D eigenvalue weighted by molar-refractivity contribution is 6.33. The minimum absolute atomic E-state index is 0.0280. The summed E-state index contributed by atoms with van der Waals surface area (Å²) in [6.07, 6.45) is 0. The molecule has 29 heavy (non-hydrogen) atoms. The van der Waals surface area contributed by atoms with Crippen LogP contribution in [-0.4, -0.2) is 21.3 Å². The summed E-state index contributed by atoms with van der Waals surface area (Å²) in [6, 6.07) is 13.4. The van der Waals surface area contributed by atoms with Crippen LogP contribution in [0, 0.1) is 12.7 Å². The Morgan fingerprint density at radius 2 is 1.90 bits per heavy atom. The van der Waals surface area contributed by atoms with Gasteiger partial charge in [0.05, 0.1) is 10.6 Å². The first kappa shape index (κ1) is 18.8. The smallest absolute Gasteiger partial charge is 0.344 e. The number of benzene rings is 2. The van der Waals surface area contributed by atoms with Gasteiger partial charge in [-0.15, -0.1) is 0 Å². The van der Waals surface area contributed by atoms with Gasteiger partial charge in [0.25, 0.3) is 5.89 Å². The molecule has 0 saturated carbocycles. The Labute approximate surface area is 169 Å². The van der Waals surface area contributed by atoms with E-state index in [-0.39, 0.29) is 40.1 Å². The van der Waals surface area contributed by atoms with Crippen LogP contribution in [0.15, 0.2) is 57.6 Å². The summed E-state index contributed by atoms with van der Waals surface area (Å²) in [6.45, 7) is 1.25. The lowest BCUT2D eigenvalue weighted by molar-refractivity contribution is 0.0428. The highest BCUT2D eigenvalue weighted by Crippen LogP contribution is 2.33. The molecule has 4 aromatic rings. The number of esters is 1. The predicted molar refractivity (Wildman–Crippen MR) is 100 cm³/mol. The maximum absolute atomic E-state index is 14.3. The molecule has 0 N–H and O–H groups in total. The molecule has 0 saturated heterocycles. The fraction of sp³-hybridized carbons (Fsp3) is 0.100. The summed E-state index contributed by atoms with van der Waals surface area (Å²) in [5, 5.41) is 7.73. The van der Waals surface area contributed by atoms with Crippen molar-refractivity contribution in [2.24, 2.45) is 0 Å². The molecule has 0 atom stereocenters. The van der Waals surface area contributed by atoms with Crippen molar-refractivity contribution in [2.75, 3.05) is 0 Å². The summed E-state index contributed by atoms with van der Waals surface area (Å²) in [4.78, 5) is 16.8. The fourth-order valence-electron chi connectivity index (χ4n) is 2.72. The van der Waals surface area contributed by atoms with Gasteiger partial charge in [0.15, 0.2) is 6.61 Å². The van der Waals surface area contributed by atoms with Crippen LogP contribution >= 0.6 is 11.6 Å². The highest BCUT2D eigenvalue weighted by atomic mass is 35.5. The van der Waals surface area contributed by atoms with Crippen LogP contribution < -0.4 is 0 Å². The summed E-state index contributed by atoms with van der Waals surface area (Å²) >= 11 is 6.08. The van der Waals surface area contributed by atoms with E-state index < -0.39 is 11.8 Å². The zero-order valence-corrected chi connectivity index (χ0v) is 15.8. The van der Waals surface area contributed by atoms with Crippen LogP contribution in [0.3, 0.4) is 0 Å². The van der Waals surface area contributed by atoms with Crippen LogP contribution in [0.2, 0.25) is 5.02 Å². The number of carbonyl (C=O) groups is 1. The molecular weight excluding hydrogens is 401 g/mol. The Hall–Kier alpha value is -3.52. The molecule has 0 aliphatic rings. The third-order valence-corrected chi connectivity index (χ3v) is 4.41. The number of hydrogen-bond acceptors (Lipinski definition) is 7. The average Bonchev–Trinajstić information content (AvgIpc) is 3.34. The lowest BCUT2D eigenvalue weighted by Gasteiger charge is -2.05. The molecule has 2 aromatic heterocycles. The van der Waals surface area contributed by atoms with E-state index in [4.69, 9.17) is 25.4 Å². The van der Waals surface area contributed by atoms with Crippen molar-refractivity contribution in [3.63, 3.8) is 0 Å². The zero-order chi connectivity index (χ0) is 20.4. The van der Waals surface area contributed by atoms with E-state index in [0.717, 1.165) is 5.56 Å². The van der Waals surface area contributed by atoms with E-state index in [1.165, 1.54) is 25.1 Å². The Morgan fingerprint density at radius 1 is 1.10 bits per heavy atom. The van der Waals surface area contributed by atoms with Gasteiger partial charge < -0.3 is 13.8 Å². The number of carbonyl (C=O) groups excluding carboxylic acids is 1. The van der Waals surface area contributed by atoms with Crippen molar-refractivity contribution >= 4 is 17.6 Å². The molecule has 0 unspecified atom stereocenters. The van der Waals surface area contributed by atoms with Gasteiger partial charge in [-0.25, -0.2) is 9.18 Å². The first-order valence-corrected chi connectivity index (χ1v) is 8.88. The van der Waals surface area contributed by atoms with Crippen molar-refractivity contribution in [3.8, 4) is 22.6 Å². The maximum atomic E-state index is 14.3. The topological polar surface area (TPSA) is 91.2 Å². The van der Waals surface area contributed by atoms with E-state index in [9.17, 15) is 9.18 Å². The van der Waals surface area contributed by atoms with E-state index in [2.05, 4.69) is 15.3 Å². The van der Waals surface area contributed by atoms with E-state index in [1.807, 2.05) is 30.3 Å². The van der Waals surface area contributed by atoms with Crippen LogP contribution in [-0.2, 0) is 11.3 Å². The third kappa shape index (κ3) is 3.74. The van der Waals surface area contributed by atoms with Crippen molar-refractivity contribution in [2.45, 2.75) is 13.5 Å². The SMILES string of the molecule is Cc1onc(-c2c(F)cccc2Cl)c1C(=O)OCc1nc(-c2ccccc2)no1. The predicted octanol–water partition coefficient (Wildman–Crippen LogP) is 4.85. The van der Waals surface area contributed by atoms with Crippen LogP contribution in [0.4, 0.5) is 4.39 Å². The lowest BCUT2D eigenvalue weighted by Crippen LogP contribution is -2.08. The minimum atomic E-state index is -0.780. The zero-order valence-electron chi connectivity index (χ0n) is 15.1. The molecule has 0 aliphatic carbocycles. The quantitative estimate of drug-likeness (QED) is 0.432. The molecule has 0 fully saturated rings. The number of rotatable bonds is 5. The Bertz CT molecular complexity index is 1150. The number of aryl methyl sites for hydroxylation is 1. The third-order valence-electron chi connectivity index (χ3n) is 4.09. The molecule has 2 aromatic carbocycles. The van der Waals surface area contributed by atoms with Gasteiger partial charge in [-0.3, -0.25) is 0 Å². The molecule has 146 valence electrons. The van der Waals surface area contributed by atoms with Gasteiger partial charge in [0, 0.05) is 5.56 Å². The van der Waals surface area contributed by atoms with Crippen molar-refractivity contribution < 1.29 is 23.0 Å². The van der Waals surface area contributed by atoms with Gasteiger partial charge in [-0.2, -0.15) is 4.98 Å². The molecule has 0 aliphatic heterocycles. The first-order chi connectivity index (χ1) is 14.0. The van der Waals surface area contributed by atoms with Crippen LogP contribution in [0.5, 0.6) is 0 Å². The Balaban J connectivity index is 1.55. The molecule has 0 bridgehead atoms. The second-order valence-corrected chi connectivity index (χ2v) is 6.42. The average molecular weight is 414 g/mol. The fourth-order valence-corrected chi connectivity index (χ4v) is 2.98. The largest absolute Gasteiger partial charge is 0.452 e. The molecule has 0 amide bonds. The number of nitrogens with zero attached hydrogens (tertiary/aromatic N) is 3. The number of hydrogen-bond donors (Lipinski definition) is 0. The molecule has 0 spiro atoms. The normalized spacial score (nSPS) is 10.9. The van der Waals surface area contributed by atoms with Gasteiger partial charge >= 0.3 is 5.97 Å². The number of aromatic nitrogens is 3. The van der Waals surface area contributed by atoms with Gasteiger partial charge in [-0.1, -0.05) is 58.3 Å². The molecule has 0 radical (unpaired) electrons. The van der Waals surface area contributed by atoms with E-state index in [1.54, 1.807) is 0 Å². The van der Waals surface area contributed by atoms with Crippen LogP contribution in [0.1, 0.15) is 22.0 Å². The van der Waals surface area contributed by atoms with Gasteiger partial charge in [0.1, 0.15) is 22.8 Å². The molecular formula is C20H13ClFN3O4. The maximum Gasteiger partial charge on any atom is 0.344 e. The van der Waals surface area contributed by atoms with Gasteiger partial charge in [-0.05, 0) is 19.1 Å². The molecule has 2 heterocycles. The van der Waals surface area contributed by atoms with Crippen molar-refractivity contribution in [3.05, 3.63) is 76.6 Å². The second kappa shape index (κ2) is 7.84. The van der Waals surface area contributed by atoms with Gasteiger partial charge in [0.2, 0.25) is 5.82 Å². The number of halogens is 2. The minimum Gasteiger partial charge on any atom is -0.452 e. The first-order valence-electron chi connectivity index (χ1n) is 8.50. The Kier molecular flexibility index (Phi) is 5.09. The molecule has 7 nitrogen and oxygen atoms in total. The summed E-state index contributed by atoms with van der Waals surface area (Å²) < 4.78 is 29.7. The standard InChI is InChI=1S/C20H13ClFN3O4/c1-11-16(18(24-28-11)17-13(21)8-5-9-14(17)22)20(26)27-10-15-23-19(25-29-15)12-6-3-2-4-7-12/h2-9H,10H2,1H3. The molecule has 4 rings (SSSR count). The van der Waals surface area contributed by atoms with Crippen molar-refractivity contribution in [1.82, 2.24) is 15.3 Å². The number of ether oxygens (including phenoxy) is 1. The summed E-state index contributed by atoms with van der Waals surface area (Å²) in [7, 11) is 0. The van der Waals surface area contributed by atoms with Crippen molar-refractivity contribution in [1.29, 1.82) is 0 Å². The lowest BCUT2D eigenvalue weighted by atomic mass is 10.1. The second-order valence-electron chi connectivity index (χ2n) is 6.01. The molecule has 9 heteroatoms. The monoisotopic (exact) mass is 413 g/mol. The van der Waals surface area contributed by atoms with E-state index >= 15 is 0 Å². The van der Waals surface area contributed by atoms with Crippen LogP contribution in [0.25, 0.3) is 22.6 Å². The van der Waals surface area contributed by atoms with E-state index in [0.29, 0.717) is 5.82 Å². The summed E-state index contributed by atoms with van der Waals surface area (Å²) in [5.41, 5.74) is 0.660. The Morgan fingerprint density at radius 3 is 2.66 bits per heavy atom.